The van der Waals surface area contributed by atoms with Gasteiger partial charge >= 0.3 is 0 Å². The maximum Gasteiger partial charge on any atom is 0.149 e. The number of fused-ring (bicyclic) bond motifs is 1. The van der Waals surface area contributed by atoms with E-state index in [-0.39, 0.29) is 0 Å². The molecule has 0 N–H and O–H groups in total. The van der Waals surface area contributed by atoms with Gasteiger partial charge in [-0.05, 0) is 11.4 Å². The van der Waals surface area contributed by atoms with E-state index in [0.717, 1.165) is 27.9 Å². The van der Waals surface area contributed by atoms with Gasteiger partial charge in [-0.15, -0.1) is 11.3 Å². The van der Waals surface area contributed by atoms with Crippen LogP contribution in [0.3, 0.4) is 0 Å². The SMILES string of the molecule is CN(CCBr)c1ncnc2ccsc12. The predicted molar refractivity (Wildman–Crippen MR) is 64.5 cm³/mol. The van der Waals surface area contributed by atoms with Gasteiger partial charge in [0.05, 0.1) is 10.2 Å². The normalized spacial score (nSPS) is 10.7. The lowest BCUT2D eigenvalue weighted by Crippen LogP contribution is -2.20. The van der Waals surface area contributed by atoms with Crippen LogP contribution in [0.2, 0.25) is 0 Å². The van der Waals surface area contributed by atoms with Gasteiger partial charge in [0, 0.05) is 18.9 Å². The summed E-state index contributed by atoms with van der Waals surface area (Å²) in [5.41, 5.74) is 1.03. The monoisotopic (exact) mass is 271 g/mol. The molecule has 0 aliphatic carbocycles. The number of thiophene rings is 1. The molecule has 0 aliphatic rings. The van der Waals surface area contributed by atoms with Crippen molar-refractivity contribution < 1.29 is 0 Å². The molecule has 0 amide bonds. The summed E-state index contributed by atoms with van der Waals surface area (Å²) in [5.74, 6) is 1.02. The molecule has 5 heteroatoms. The number of nitrogens with zero attached hydrogens (tertiary/aromatic N) is 3. The summed E-state index contributed by atoms with van der Waals surface area (Å²) in [7, 11) is 2.04. The van der Waals surface area contributed by atoms with Gasteiger partial charge in [0.2, 0.25) is 0 Å². The average molecular weight is 272 g/mol. The zero-order chi connectivity index (χ0) is 9.97. The van der Waals surface area contributed by atoms with Crippen molar-refractivity contribution >= 4 is 43.3 Å². The largest absolute Gasteiger partial charge is 0.358 e. The topological polar surface area (TPSA) is 29.0 Å². The van der Waals surface area contributed by atoms with E-state index in [1.165, 1.54) is 0 Å². The molecule has 2 aromatic heterocycles. The standard InChI is InChI=1S/C9H10BrN3S/c1-13(4-3-10)9-8-7(2-5-14-8)11-6-12-9/h2,5-6H,3-4H2,1H3. The zero-order valence-electron chi connectivity index (χ0n) is 7.77. The van der Waals surface area contributed by atoms with E-state index in [4.69, 9.17) is 0 Å². The second-order valence-corrected chi connectivity index (χ2v) is 4.65. The molecule has 74 valence electrons. The van der Waals surface area contributed by atoms with E-state index < -0.39 is 0 Å². The highest BCUT2D eigenvalue weighted by Crippen LogP contribution is 2.26. The van der Waals surface area contributed by atoms with Crippen molar-refractivity contribution in [2.45, 2.75) is 0 Å². The van der Waals surface area contributed by atoms with Gasteiger partial charge in [-0.1, -0.05) is 15.9 Å². The van der Waals surface area contributed by atoms with Crippen LogP contribution in [0.15, 0.2) is 17.8 Å². The maximum absolute atomic E-state index is 4.30. The van der Waals surface area contributed by atoms with Gasteiger partial charge in [0.15, 0.2) is 0 Å². The number of rotatable bonds is 3. The minimum Gasteiger partial charge on any atom is -0.358 e. The molecule has 2 aromatic rings. The van der Waals surface area contributed by atoms with E-state index in [1.54, 1.807) is 17.7 Å². The Bertz CT molecular complexity index is 429. The van der Waals surface area contributed by atoms with Crippen LogP contribution in [0.25, 0.3) is 10.2 Å². The molecule has 0 saturated carbocycles. The fourth-order valence-corrected chi connectivity index (χ4v) is 2.70. The van der Waals surface area contributed by atoms with Crippen LogP contribution in [0.4, 0.5) is 5.82 Å². The lowest BCUT2D eigenvalue weighted by molar-refractivity contribution is 0.954. The van der Waals surface area contributed by atoms with Crippen molar-refractivity contribution in [2.24, 2.45) is 0 Å². The first-order chi connectivity index (χ1) is 6.83. The van der Waals surface area contributed by atoms with Crippen molar-refractivity contribution in [3.05, 3.63) is 17.8 Å². The highest BCUT2D eigenvalue weighted by molar-refractivity contribution is 9.09. The third kappa shape index (κ3) is 1.74. The first-order valence-corrected chi connectivity index (χ1v) is 6.28. The molecule has 0 aliphatic heterocycles. The smallest absolute Gasteiger partial charge is 0.149 e. The fraction of sp³-hybridized carbons (Fsp3) is 0.333. The van der Waals surface area contributed by atoms with E-state index in [2.05, 4.69) is 30.8 Å². The Morgan fingerprint density at radius 1 is 1.50 bits per heavy atom. The molecule has 0 radical (unpaired) electrons. The second kappa shape index (κ2) is 4.23. The van der Waals surface area contributed by atoms with Crippen LogP contribution in [0.1, 0.15) is 0 Å². The van der Waals surface area contributed by atoms with E-state index in [0.29, 0.717) is 0 Å². The summed E-state index contributed by atoms with van der Waals surface area (Å²) in [4.78, 5) is 10.6. The van der Waals surface area contributed by atoms with Crippen LogP contribution < -0.4 is 4.90 Å². The molecule has 3 nitrogen and oxygen atoms in total. The second-order valence-electron chi connectivity index (χ2n) is 2.94. The molecule has 0 atom stereocenters. The Kier molecular flexibility index (Phi) is 2.98. The predicted octanol–water partition coefficient (Wildman–Crippen LogP) is 2.52. The lowest BCUT2D eigenvalue weighted by atomic mass is 10.4. The van der Waals surface area contributed by atoms with Gasteiger partial charge < -0.3 is 4.90 Å². The number of anilines is 1. The Hall–Kier alpha value is -0.680. The molecule has 0 spiro atoms. The Morgan fingerprint density at radius 3 is 3.14 bits per heavy atom. The van der Waals surface area contributed by atoms with Crippen molar-refractivity contribution in [3.8, 4) is 0 Å². The summed E-state index contributed by atoms with van der Waals surface area (Å²) < 4.78 is 1.16. The van der Waals surface area contributed by atoms with Gasteiger partial charge in [0.25, 0.3) is 0 Å². The highest BCUT2D eigenvalue weighted by Gasteiger charge is 2.08. The van der Waals surface area contributed by atoms with Gasteiger partial charge in [0.1, 0.15) is 12.1 Å². The molecular formula is C9H10BrN3S. The Labute approximate surface area is 94.9 Å². The third-order valence-corrected chi connectivity index (χ3v) is 3.26. The van der Waals surface area contributed by atoms with Gasteiger partial charge in [-0.25, -0.2) is 9.97 Å². The maximum atomic E-state index is 4.30. The Balaban J connectivity index is 2.45. The summed E-state index contributed by atoms with van der Waals surface area (Å²) >= 11 is 5.11. The number of aromatic nitrogens is 2. The van der Waals surface area contributed by atoms with Crippen LogP contribution in [-0.4, -0.2) is 28.9 Å². The van der Waals surface area contributed by atoms with Crippen molar-refractivity contribution in [1.29, 1.82) is 0 Å². The number of alkyl halides is 1. The number of halogens is 1. The molecule has 0 aromatic carbocycles. The first-order valence-electron chi connectivity index (χ1n) is 4.28. The molecule has 0 fully saturated rings. The molecule has 0 bridgehead atoms. The van der Waals surface area contributed by atoms with E-state index in [1.807, 2.05) is 18.5 Å². The van der Waals surface area contributed by atoms with E-state index in [9.17, 15) is 0 Å². The minimum atomic E-state index is 0.945. The average Bonchev–Trinajstić information content (AvgIpc) is 2.65. The zero-order valence-corrected chi connectivity index (χ0v) is 10.2. The van der Waals surface area contributed by atoms with Crippen molar-refractivity contribution in [3.63, 3.8) is 0 Å². The minimum absolute atomic E-state index is 0.945. The van der Waals surface area contributed by atoms with E-state index >= 15 is 0 Å². The summed E-state index contributed by atoms with van der Waals surface area (Å²) in [6.07, 6.45) is 1.62. The van der Waals surface area contributed by atoms with Crippen molar-refractivity contribution in [1.82, 2.24) is 9.97 Å². The third-order valence-electron chi connectivity index (χ3n) is 2.01. The van der Waals surface area contributed by atoms with Crippen molar-refractivity contribution in [2.75, 3.05) is 23.8 Å². The lowest BCUT2D eigenvalue weighted by Gasteiger charge is -2.16. The Morgan fingerprint density at radius 2 is 2.36 bits per heavy atom. The quantitative estimate of drug-likeness (QED) is 0.804. The number of hydrogen-bond donors (Lipinski definition) is 0. The fourth-order valence-electron chi connectivity index (χ4n) is 1.28. The summed E-state index contributed by atoms with van der Waals surface area (Å²) in [6, 6.07) is 2.02. The molecule has 14 heavy (non-hydrogen) atoms. The van der Waals surface area contributed by atoms with Crippen LogP contribution in [0, 0.1) is 0 Å². The first kappa shape index (κ1) is 9.86. The van der Waals surface area contributed by atoms with Crippen LogP contribution >= 0.6 is 27.3 Å². The van der Waals surface area contributed by atoms with Gasteiger partial charge in [-0.3, -0.25) is 0 Å². The molecule has 0 saturated heterocycles. The van der Waals surface area contributed by atoms with Crippen LogP contribution in [-0.2, 0) is 0 Å². The summed E-state index contributed by atoms with van der Waals surface area (Å²) in [5, 5.41) is 2.99. The summed E-state index contributed by atoms with van der Waals surface area (Å²) in [6.45, 7) is 0.948. The molecule has 2 heterocycles. The molecule has 0 unspecified atom stereocenters. The molecule has 2 rings (SSSR count). The van der Waals surface area contributed by atoms with Gasteiger partial charge in [-0.2, -0.15) is 0 Å². The van der Waals surface area contributed by atoms with Crippen LogP contribution in [0.5, 0.6) is 0 Å². The molecular weight excluding hydrogens is 262 g/mol. The highest BCUT2D eigenvalue weighted by atomic mass is 79.9. The number of hydrogen-bond acceptors (Lipinski definition) is 4.